The maximum atomic E-state index is 13.1. The van der Waals surface area contributed by atoms with Crippen LogP contribution < -0.4 is 0 Å². The van der Waals surface area contributed by atoms with Crippen molar-refractivity contribution in [3.63, 3.8) is 0 Å². The molecule has 0 saturated carbocycles. The molecule has 0 saturated heterocycles. The summed E-state index contributed by atoms with van der Waals surface area (Å²) in [6.45, 7) is 9.70. The van der Waals surface area contributed by atoms with Crippen LogP contribution in [0.4, 0.5) is 0 Å². The third kappa shape index (κ3) is 78.2. The number of phosphoric acid groups is 2. The lowest BCUT2D eigenvalue weighted by atomic mass is 10.0. The van der Waals surface area contributed by atoms with Crippen LogP contribution in [-0.2, 0) is 65.4 Å². The molecule has 19 heteroatoms. The zero-order chi connectivity index (χ0) is 76.4. The molecule has 618 valence electrons. The molecule has 3 N–H and O–H groups in total. The first-order chi connectivity index (χ1) is 50.4. The molecule has 0 aliphatic carbocycles. The molecule has 2 unspecified atom stereocenters. The van der Waals surface area contributed by atoms with Gasteiger partial charge in [-0.25, -0.2) is 9.13 Å². The number of aliphatic hydroxyl groups is 1. The number of carbonyl (C=O) groups excluding carboxylic acids is 4. The van der Waals surface area contributed by atoms with Crippen molar-refractivity contribution in [2.45, 2.75) is 471 Å². The summed E-state index contributed by atoms with van der Waals surface area (Å²) in [6, 6.07) is 0. The highest BCUT2D eigenvalue weighted by Gasteiger charge is 2.30. The highest BCUT2D eigenvalue weighted by Crippen LogP contribution is 2.45. The average Bonchev–Trinajstić information content (AvgIpc) is 1.27. The van der Waals surface area contributed by atoms with Gasteiger partial charge in [0.25, 0.3) is 0 Å². The molecule has 0 heterocycles. The van der Waals surface area contributed by atoms with Crippen molar-refractivity contribution < 1.29 is 80.2 Å². The molecule has 0 radical (unpaired) electrons. The van der Waals surface area contributed by atoms with E-state index in [0.29, 0.717) is 25.7 Å². The van der Waals surface area contributed by atoms with E-state index in [1.54, 1.807) is 0 Å². The van der Waals surface area contributed by atoms with Gasteiger partial charge < -0.3 is 33.8 Å². The van der Waals surface area contributed by atoms with E-state index in [4.69, 9.17) is 37.0 Å². The van der Waals surface area contributed by atoms with Gasteiger partial charge in [0, 0.05) is 25.7 Å². The highest BCUT2D eigenvalue weighted by atomic mass is 31.2. The van der Waals surface area contributed by atoms with Crippen molar-refractivity contribution in [3.8, 4) is 0 Å². The number of phosphoric ester groups is 2. The van der Waals surface area contributed by atoms with Gasteiger partial charge in [0.1, 0.15) is 19.3 Å². The Balaban J connectivity index is 5.23. The van der Waals surface area contributed by atoms with Crippen molar-refractivity contribution in [1.82, 2.24) is 0 Å². The van der Waals surface area contributed by atoms with Crippen LogP contribution in [0, 0.1) is 11.8 Å². The van der Waals surface area contributed by atoms with Crippen LogP contribution in [0.1, 0.15) is 452 Å². The van der Waals surface area contributed by atoms with Crippen molar-refractivity contribution in [1.29, 1.82) is 0 Å². The van der Waals surface area contributed by atoms with E-state index in [0.717, 1.165) is 102 Å². The van der Waals surface area contributed by atoms with Gasteiger partial charge in [-0.3, -0.25) is 37.3 Å². The molecule has 0 aromatic carbocycles. The van der Waals surface area contributed by atoms with Gasteiger partial charge in [-0.2, -0.15) is 0 Å². The summed E-state index contributed by atoms with van der Waals surface area (Å²) >= 11 is 0. The first kappa shape index (κ1) is 102. The molecule has 0 aliphatic rings. The fraction of sp³-hybridized carbons (Fsp3) is 0.953. The maximum absolute atomic E-state index is 13.1. The van der Waals surface area contributed by atoms with Gasteiger partial charge in [-0.05, 0) is 37.5 Å². The number of rotatable bonds is 84. The standard InChI is InChI=1S/C85H166O17P2/c1-7-9-11-13-15-17-19-20-21-22-23-24-25-30-33-39-45-51-57-63-69-84(89)102-81(74-96-83(88)68-62-56-50-44-38-32-29-27-26-28-31-36-41-47-53-59-65-77(3)4)76-100-104(93,94)98-72-79(86)71-97-103(91,92)99-75-80(73-95-82(87)67-61-55-49-43-18-16-14-12-10-8-2)101-85(90)70-64-58-52-46-40-35-34-37-42-48-54-60-66-78(5)6/h77-81,86H,7-76H2,1-6H3,(H,91,92)(H,93,94)/t79-,80+,81+/m0/s1. The van der Waals surface area contributed by atoms with E-state index >= 15 is 0 Å². The van der Waals surface area contributed by atoms with E-state index in [-0.39, 0.29) is 25.7 Å². The Morgan fingerprint density at radius 2 is 0.442 bits per heavy atom. The Labute approximate surface area is 638 Å². The van der Waals surface area contributed by atoms with E-state index in [2.05, 4.69) is 41.5 Å². The second kappa shape index (κ2) is 76.4. The monoisotopic (exact) mass is 1520 g/mol. The quantitative estimate of drug-likeness (QED) is 0.0222. The lowest BCUT2D eigenvalue weighted by Crippen LogP contribution is -2.30. The van der Waals surface area contributed by atoms with E-state index in [1.807, 2.05) is 0 Å². The smallest absolute Gasteiger partial charge is 0.462 e. The van der Waals surface area contributed by atoms with Crippen LogP contribution >= 0.6 is 15.6 Å². The summed E-state index contributed by atoms with van der Waals surface area (Å²) < 4.78 is 68.8. The van der Waals surface area contributed by atoms with E-state index in [9.17, 15) is 43.2 Å². The van der Waals surface area contributed by atoms with Crippen LogP contribution in [-0.4, -0.2) is 96.7 Å². The Hall–Kier alpha value is -1.94. The molecule has 104 heavy (non-hydrogen) atoms. The minimum atomic E-state index is -4.96. The zero-order valence-corrected chi connectivity index (χ0v) is 70.1. The van der Waals surface area contributed by atoms with Gasteiger partial charge in [-0.15, -0.1) is 0 Å². The van der Waals surface area contributed by atoms with Gasteiger partial charge >= 0.3 is 39.5 Å². The molecule has 0 aromatic heterocycles. The molecule has 5 atom stereocenters. The maximum Gasteiger partial charge on any atom is 0.472 e. The Bertz CT molecular complexity index is 1990. The molecule has 0 spiro atoms. The third-order valence-electron chi connectivity index (χ3n) is 20.0. The molecular weight excluding hydrogens is 1350 g/mol. The second-order valence-electron chi connectivity index (χ2n) is 31.5. The van der Waals surface area contributed by atoms with Crippen LogP contribution in [0.25, 0.3) is 0 Å². The fourth-order valence-electron chi connectivity index (χ4n) is 13.2. The highest BCUT2D eigenvalue weighted by molar-refractivity contribution is 7.47. The molecule has 0 fully saturated rings. The van der Waals surface area contributed by atoms with E-state index < -0.39 is 97.5 Å². The molecule has 0 rings (SSSR count). The van der Waals surface area contributed by atoms with Crippen molar-refractivity contribution in [2.75, 3.05) is 39.6 Å². The summed E-state index contributed by atoms with van der Waals surface area (Å²) in [4.78, 5) is 73.2. The van der Waals surface area contributed by atoms with Gasteiger partial charge in [0.05, 0.1) is 26.4 Å². The second-order valence-corrected chi connectivity index (χ2v) is 34.4. The topological polar surface area (TPSA) is 237 Å². The van der Waals surface area contributed by atoms with Crippen molar-refractivity contribution >= 4 is 39.5 Å². The average molecular weight is 1520 g/mol. The number of hydrogen-bond acceptors (Lipinski definition) is 15. The molecular formula is C85H166O17P2. The van der Waals surface area contributed by atoms with E-state index in [1.165, 1.54) is 270 Å². The number of ether oxygens (including phenoxy) is 4. The number of hydrogen-bond donors (Lipinski definition) is 3. The van der Waals surface area contributed by atoms with Crippen LogP contribution in [0.2, 0.25) is 0 Å². The number of aliphatic hydroxyl groups excluding tert-OH is 1. The first-order valence-corrected chi connectivity index (χ1v) is 47.0. The van der Waals surface area contributed by atoms with Gasteiger partial charge in [0.2, 0.25) is 0 Å². The predicted molar refractivity (Wildman–Crippen MR) is 428 cm³/mol. The molecule has 0 aromatic rings. The lowest BCUT2D eigenvalue weighted by Gasteiger charge is -2.21. The number of esters is 4. The van der Waals surface area contributed by atoms with Gasteiger partial charge in [0.15, 0.2) is 12.2 Å². The molecule has 0 aliphatic heterocycles. The summed E-state index contributed by atoms with van der Waals surface area (Å²) in [5, 5.41) is 10.7. The van der Waals surface area contributed by atoms with Crippen LogP contribution in [0.15, 0.2) is 0 Å². The van der Waals surface area contributed by atoms with Gasteiger partial charge in [-0.1, -0.05) is 401 Å². The summed E-state index contributed by atoms with van der Waals surface area (Å²) in [7, 11) is -9.92. The van der Waals surface area contributed by atoms with Crippen LogP contribution in [0.5, 0.6) is 0 Å². The molecule has 17 nitrogen and oxygen atoms in total. The first-order valence-electron chi connectivity index (χ1n) is 44.0. The summed E-state index contributed by atoms with van der Waals surface area (Å²) in [5.41, 5.74) is 0. The zero-order valence-electron chi connectivity index (χ0n) is 68.3. The SMILES string of the molecule is CCCCCCCCCCCCCCCCCCCCCCC(=O)O[C@H](COC(=O)CCCCCCCCCCCCCCCCCCC(C)C)COP(=O)(O)OC[C@@H](O)COP(=O)(O)OC[C@@H](COC(=O)CCCCCCCCCCCC)OC(=O)CCCCCCCCCCCCCCC(C)C. The lowest BCUT2D eigenvalue weighted by molar-refractivity contribution is -0.161. The van der Waals surface area contributed by atoms with Crippen molar-refractivity contribution in [3.05, 3.63) is 0 Å². The third-order valence-corrected chi connectivity index (χ3v) is 21.9. The number of carbonyl (C=O) groups is 4. The molecule has 0 amide bonds. The molecule has 0 bridgehead atoms. The Morgan fingerprint density at radius 3 is 0.654 bits per heavy atom. The minimum absolute atomic E-state index is 0.107. The fourth-order valence-corrected chi connectivity index (χ4v) is 14.8. The summed E-state index contributed by atoms with van der Waals surface area (Å²) in [5.74, 6) is -0.514. The summed E-state index contributed by atoms with van der Waals surface area (Å²) in [6.07, 6.45) is 68.0. The number of unbranched alkanes of at least 4 members (excludes halogenated alkanes) is 54. The Morgan fingerprint density at radius 1 is 0.260 bits per heavy atom. The largest absolute Gasteiger partial charge is 0.472 e. The van der Waals surface area contributed by atoms with Crippen molar-refractivity contribution in [2.24, 2.45) is 11.8 Å². The van der Waals surface area contributed by atoms with Crippen LogP contribution in [0.3, 0.4) is 0 Å². The predicted octanol–water partition coefficient (Wildman–Crippen LogP) is 25.8. The normalized spacial score (nSPS) is 13.8. The minimum Gasteiger partial charge on any atom is -0.462 e. The Kier molecular flexibility index (Phi) is 75.0.